The lowest BCUT2D eigenvalue weighted by atomic mass is 10.3. The zero-order valence-electron chi connectivity index (χ0n) is 12.3. The van der Waals surface area contributed by atoms with Crippen molar-refractivity contribution in [1.82, 2.24) is 10.6 Å². The van der Waals surface area contributed by atoms with E-state index in [2.05, 4.69) is 26.6 Å². The Bertz CT molecular complexity index is 480. The van der Waals surface area contributed by atoms with Crippen LogP contribution < -0.4 is 15.4 Å². The topological polar surface area (TPSA) is 67.4 Å². The molecule has 0 saturated carbocycles. The van der Waals surface area contributed by atoms with Crippen molar-refractivity contribution in [2.45, 2.75) is 32.7 Å². The molecule has 2 amide bonds. The first-order valence-electron chi connectivity index (χ1n) is 6.99. The van der Waals surface area contributed by atoms with E-state index in [-0.39, 0.29) is 24.8 Å². The third-order valence-corrected chi connectivity index (χ3v) is 3.40. The van der Waals surface area contributed by atoms with Crippen LogP contribution in [0, 0.1) is 0 Å². The maximum atomic E-state index is 11.7. The van der Waals surface area contributed by atoms with Crippen LogP contribution in [0.1, 0.15) is 26.7 Å². The van der Waals surface area contributed by atoms with Crippen LogP contribution in [0.4, 0.5) is 0 Å². The Kier molecular flexibility index (Phi) is 7.82. The van der Waals surface area contributed by atoms with Crippen molar-refractivity contribution >= 4 is 27.7 Å². The van der Waals surface area contributed by atoms with Gasteiger partial charge in [-0.05, 0) is 41.4 Å². The zero-order chi connectivity index (χ0) is 15.7. The maximum Gasteiger partial charge on any atom is 0.242 e. The number of hydrogen-bond donors (Lipinski definition) is 2. The van der Waals surface area contributed by atoms with Gasteiger partial charge in [0.25, 0.3) is 0 Å². The summed E-state index contributed by atoms with van der Waals surface area (Å²) in [6.45, 7) is 4.52. The van der Waals surface area contributed by atoms with Crippen LogP contribution in [-0.2, 0) is 9.59 Å². The second-order valence-electron chi connectivity index (χ2n) is 4.61. The first kappa shape index (κ1) is 17.5. The molecule has 0 fully saturated rings. The van der Waals surface area contributed by atoms with Gasteiger partial charge in [-0.15, -0.1) is 0 Å². The summed E-state index contributed by atoms with van der Waals surface area (Å²) in [5, 5.41) is 5.38. The summed E-state index contributed by atoms with van der Waals surface area (Å²) in [7, 11) is 0. The SMILES string of the molecule is CCCNC(=O)[C@@H](C)NC(=O)CCOc1ccccc1Br. The van der Waals surface area contributed by atoms with Crippen molar-refractivity contribution < 1.29 is 14.3 Å². The maximum absolute atomic E-state index is 11.7. The van der Waals surface area contributed by atoms with Gasteiger partial charge in [-0.3, -0.25) is 9.59 Å². The van der Waals surface area contributed by atoms with Crippen LogP contribution in [-0.4, -0.2) is 31.0 Å². The molecule has 116 valence electrons. The highest BCUT2D eigenvalue weighted by atomic mass is 79.9. The minimum absolute atomic E-state index is 0.170. The van der Waals surface area contributed by atoms with Crippen molar-refractivity contribution in [3.8, 4) is 5.75 Å². The molecule has 0 aliphatic heterocycles. The molecule has 0 radical (unpaired) electrons. The monoisotopic (exact) mass is 356 g/mol. The van der Waals surface area contributed by atoms with Crippen LogP contribution >= 0.6 is 15.9 Å². The van der Waals surface area contributed by atoms with Gasteiger partial charge in [-0.1, -0.05) is 19.1 Å². The second kappa shape index (κ2) is 9.39. The summed E-state index contributed by atoms with van der Waals surface area (Å²) in [5.74, 6) is 0.317. The molecule has 6 heteroatoms. The molecule has 1 aromatic carbocycles. The summed E-state index contributed by atoms with van der Waals surface area (Å²) in [6.07, 6.45) is 1.07. The molecule has 1 aromatic rings. The molecular formula is C15H21BrN2O3. The van der Waals surface area contributed by atoms with Crippen molar-refractivity contribution in [2.75, 3.05) is 13.2 Å². The third-order valence-electron chi connectivity index (χ3n) is 2.74. The van der Waals surface area contributed by atoms with Crippen molar-refractivity contribution in [2.24, 2.45) is 0 Å². The van der Waals surface area contributed by atoms with E-state index >= 15 is 0 Å². The minimum Gasteiger partial charge on any atom is -0.492 e. The number of carbonyl (C=O) groups is 2. The number of para-hydroxylation sites is 1. The number of halogens is 1. The van der Waals surface area contributed by atoms with Crippen molar-refractivity contribution in [3.63, 3.8) is 0 Å². The highest BCUT2D eigenvalue weighted by molar-refractivity contribution is 9.10. The molecule has 0 aliphatic rings. The first-order valence-corrected chi connectivity index (χ1v) is 7.78. The highest BCUT2D eigenvalue weighted by Crippen LogP contribution is 2.23. The lowest BCUT2D eigenvalue weighted by Gasteiger charge is -2.14. The lowest BCUT2D eigenvalue weighted by molar-refractivity contribution is -0.128. The highest BCUT2D eigenvalue weighted by Gasteiger charge is 2.14. The first-order chi connectivity index (χ1) is 10.0. The molecule has 21 heavy (non-hydrogen) atoms. The molecule has 0 heterocycles. The summed E-state index contributed by atoms with van der Waals surface area (Å²) in [4.78, 5) is 23.3. The van der Waals surface area contributed by atoms with Crippen molar-refractivity contribution in [1.29, 1.82) is 0 Å². The Morgan fingerprint density at radius 1 is 1.33 bits per heavy atom. The molecule has 0 saturated heterocycles. The molecule has 1 atom stereocenters. The number of carbonyl (C=O) groups excluding carboxylic acids is 2. The average Bonchev–Trinajstić information content (AvgIpc) is 2.46. The number of amides is 2. The molecule has 0 aliphatic carbocycles. The van der Waals surface area contributed by atoms with Gasteiger partial charge in [-0.2, -0.15) is 0 Å². The second-order valence-corrected chi connectivity index (χ2v) is 5.46. The molecule has 0 unspecified atom stereocenters. The van der Waals surface area contributed by atoms with Gasteiger partial charge in [-0.25, -0.2) is 0 Å². The normalized spacial score (nSPS) is 11.6. The van der Waals surface area contributed by atoms with E-state index in [9.17, 15) is 9.59 Å². The van der Waals surface area contributed by atoms with E-state index in [0.717, 1.165) is 10.9 Å². The van der Waals surface area contributed by atoms with Crippen LogP contribution in [0.25, 0.3) is 0 Å². The van der Waals surface area contributed by atoms with E-state index in [0.29, 0.717) is 12.3 Å². The predicted molar refractivity (Wildman–Crippen MR) is 85.2 cm³/mol. The van der Waals surface area contributed by atoms with Gasteiger partial charge in [0, 0.05) is 6.54 Å². The quantitative estimate of drug-likeness (QED) is 0.750. The van der Waals surface area contributed by atoms with Gasteiger partial charge in [0.1, 0.15) is 11.8 Å². The van der Waals surface area contributed by atoms with Crippen molar-refractivity contribution in [3.05, 3.63) is 28.7 Å². The summed E-state index contributed by atoms with van der Waals surface area (Å²) in [6, 6.07) is 6.91. The van der Waals surface area contributed by atoms with Gasteiger partial charge >= 0.3 is 0 Å². The van der Waals surface area contributed by atoms with Crippen LogP contribution in [0.2, 0.25) is 0 Å². The average molecular weight is 357 g/mol. The van der Waals surface area contributed by atoms with E-state index < -0.39 is 6.04 Å². The van der Waals surface area contributed by atoms with E-state index in [1.54, 1.807) is 6.92 Å². The summed E-state index contributed by atoms with van der Waals surface area (Å²) >= 11 is 3.37. The molecule has 5 nitrogen and oxygen atoms in total. The Hall–Kier alpha value is -1.56. The Morgan fingerprint density at radius 2 is 2.05 bits per heavy atom. The fourth-order valence-electron chi connectivity index (χ4n) is 1.60. The number of nitrogens with one attached hydrogen (secondary N) is 2. The molecule has 0 aromatic heterocycles. The predicted octanol–water partition coefficient (Wildman–Crippen LogP) is 2.25. The third kappa shape index (κ3) is 6.62. The Morgan fingerprint density at radius 3 is 2.71 bits per heavy atom. The number of benzene rings is 1. The zero-order valence-corrected chi connectivity index (χ0v) is 13.9. The summed E-state index contributed by atoms with van der Waals surface area (Å²) in [5.41, 5.74) is 0. The van der Waals surface area contributed by atoms with E-state index in [1.165, 1.54) is 0 Å². The van der Waals surface area contributed by atoms with Crippen LogP contribution in [0.3, 0.4) is 0 Å². The number of hydrogen-bond acceptors (Lipinski definition) is 3. The Labute approximate surface area is 133 Å². The molecular weight excluding hydrogens is 336 g/mol. The molecule has 2 N–H and O–H groups in total. The van der Waals surface area contributed by atoms with Gasteiger partial charge in [0.15, 0.2) is 0 Å². The van der Waals surface area contributed by atoms with Crippen LogP contribution in [0.15, 0.2) is 28.7 Å². The standard InChI is InChI=1S/C15H21BrN2O3/c1-3-9-17-15(20)11(2)18-14(19)8-10-21-13-7-5-4-6-12(13)16/h4-7,11H,3,8-10H2,1-2H3,(H,17,20)(H,18,19)/t11-/m1/s1. The Balaban J connectivity index is 2.28. The van der Waals surface area contributed by atoms with Gasteiger partial charge in [0.2, 0.25) is 11.8 Å². The lowest BCUT2D eigenvalue weighted by Crippen LogP contribution is -2.45. The van der Waals surface area contributed by atoms with Gasteiger partial charge < -0.3 is 15.4 Å². The van der Waals surface area contributed by atoms with E-state index in [4.69, 9.17) is 4.74 Å². The fraction of sp³-hybridized carbons (Fsp3) is 0.467. The largest absolute Gasteiger partial charge is 0.492 e. The summed E-state index contributed by atoms with van der Waals surface area (Å²) < 4.78 is 6.35. The molecule has 1 rings (SSSR count). The number of ether oxygens (including phenoxy) is 1. The molecule has 0 spiro atoms. The molecule has 0 bridgehead atoms. The van der Waals surface area contributed by atoms with Crippen LogP contribution in [0.5, 0.6) is 5.75 Å². The van der Waals surface area contributed by atoms with E-state index in [1.807, 2.05) is 31.2 Å². The fourth-order valence-corrected chi connectivity index (χ4v) is 2.00. The minimum atomic E-state index is -0.535. The van der Waals surface area contributed by atoms with Gasteiger partial charge in [0.05, 0.1) is 17.5 Å². The number of rotatable bonds is 8. The smallest absolute Gasteiger partial charge is 0.242 e.